The number of carboxylic acid groups (broad SMARTS) is 1. The largest absolute Gasteiger partial charge is 0.480 e. The Kier molecular flexibility index (Phi) is 5.00. The third-order valence-corrected chi connectivity index (χ3v) is 5.19. The van der Waals surface area contributed by atoms with E-state index in [4.69, 9.17) is 5.11 Å². The lowest BCUT2D eigenvalue weighted by Crippen LogP contribution is -2.35. The molecule has 0 aliphatic carbocycles. The Morgan fingerprint density at radius 1 is 1.09 bits per heavy atom. The van der Waals surface area contributed by atoms with Crippen LogP contribution >= 0.6 is 15.9 Å². The molecule has 1 N–H and O–H groups in total. The summed E-state index contributed by atoms with van der Waals surface area (Å²) in [6.45, 7) is -0.927. The van der Waals surface area contributed by atoms with Crippen LogP contribution in [0.1, 0.15) is 0 Å². The Labute approximate surface area is 139 Å². The van der Waals surface area contributed by atoms with Gasteiger partial charge < -0.3 is 5.11 Å². The summed E-state index contributed by atoms with van der Waals surface area (Å²) in [6.07, 6.45) is 0. The number of hydrogen-bond donors (Lipinski definition) is 1. The van der Waals surface area contributed by atoms with Crippen LogP contribution in [0.25, 0.3) is 0 Å². The lowest BCUT2D eigenvalue weighted by molar-refractivity contribution is -0.135. The number of benzene rings is 2. The molecule has 2 rings (SSSR count). The van der Waals surface area contributed by atoms with Gasteiger partial charge in [0, 0.05) is 10.5 Å². The minimum Gasteiger partial charge on any atom is -0.480 e. The monoisotopic (exact) mass is 405 g/mol. The molecule has 23 heavy (non-hydrogen) atoms. The molecule has 0 aliphatic heterocycles. The number of hydrogen-bond acceptors (Lipinski definition) is 3. The van der Waals surface area contributed by atoms with Gasteiger partial charge in [-0.15, -0.1) is 0 Å². The smallest absolute Gasteiger partial charge is 0.324 e. The van der Waals surface area contributed by atoms with E-state index in [1.807, 2.05) is 0 Å². The van der Waals surface area contributed by atoms with Crippen molar-refractivity contribution in [3.05, 3.63) is 58.6 Å². The van der Waals surface area contributed by atoms with Gasteiger partial charge in [0.05, 0.1) is 10.6 Å². The van der Waals surface area contributed by atoms with Crippen molar-refractivity contribution in [1.82, 2.24) is 0 Å². The number of halogens is 3. The molecule has 0 atom stereocenters. The zero-order valence-corrected chi connectivity index (χ0v) is 13.8. The van der Waals surface area contributed by atoms with Crippen molar-refractivity contribution >= 4 is 37.6 Å². The van der Waals surface area contributed by atoms with Crippen molar-refractivity contribution in [1.29, 1.82) is 0 Å². The fourth-order valence-electron chi connectivity index (χ4n) is 1.81. The first-order valence-corrected chi connectivity index (χ1v) is 8.40. The lowest BCUT2D eigenvalue weighted by Gasteiger charge is -2.22. The molecule has 0 bridgehead atoms. The van der Waals surface area contributed by atoms with Crippen LogP contribution in [0, 0.1) is 11.6 Å². The molecular weight excluding hydrogens is 396 g/mol. The van der Waals surface area contributed by atoms with Crippen LogP contribution in [-0.2, 0) is 14.8 Å². The molecule has 2 aromatic rings. The van der Waals surface area contributed by atoms with Gasteiger partial charge in [-0.1, -0.05) is 15.9 Å². The minimum atomic E-state index is -4.25. The number of carbonyl (C=O) groups is 1. The quantitative estimate of drug-likeness (QED) is 0.829. The van der Waals surface area contributed by atoms with Crippen LogP contribution in [0.5, 0.6) is 0 Å². The second-order valence-electron chi connectivity index (χ2n) is 4.46. The first-order chi connectivity index (χ1) is 10.7. The van der Waals surface area contributed by atoms with Gasteiger partial charge in [0.2, 0.25) is 0 Å². The maximum Gasteiger partial charge on any atom is 0.324 e. The average Bonchev–Trinajstić information content (AvgIpc) is 2.48. The van der Waals surface area contributed by atoms with Gasteiger partial charge in [0.25, 0.3) is 10.0 Å². The summed E-state index contributed by atoms with van der Waals surface area (Å²) in [6, 6.07) is 7.85. The van der Waals surface area contributed by atoms with E-state index < -0.39 is 34.2 Å². The molecule has 2 aromatic carbocycles. The summed E-state index contributed by atoms with van der Waals surface area (Å²) < 4.78 is 52.7. The fourth-order valence-corrected chi connectivity index (χ4v) is 3.48. The summed E-state index contributed by atoms with van der Waals surface area (Å²) in [5.41, 5.74) is -0.283. The van der Waals surface area contributed by atoms with Crippen LogP contribution in [0.15, 0.2) is 51.8 Å². The standard InChI is InChI=1S/C14H10BrF2NO4S/c15-9-1-4-11(5-2-9)23(21,22)18(8-14(19)20)10-3-6-12(16)13(17)7-10/h1-7H,8H2,(H,19,20). The highest BCUT2D eigenvalue weighted by Gasteiger charge is 2.27. The number of sulfonamides is 1. The van der Waals surface area contributed by atoms with E-state index >= 15 is 0 Å². The molecule has 0 saturated carbocycles. The predicted octanol–water partition coefficient (Wildman–Crippen LogP) is 3.01. The predicted molar refractivity (Wildman–Crippen MR) is 82.7 cm³/mol. The van der Waals surface area contributed by atoms with E-state index in [9.17, 15) is 22.0 Å². The number of rotatable bonds is 5. The highest BCUT2D eigenvalue weighted by Crippen LogP contribution is 2.26. The molecule has 5 nitrogen and oxygen atoms in total. The lowest BCUT2D eigenvalue weighted by atomic mass is 10.3. The third kappa shape index (κ3) is 3.85. The summed E-state index contributed by atoms with van der Waals surface area (Å²) in [5.74, 6) is -3.87. The maximum absolute atomic E-state index is 13.4. The van der Waals surface area contributed by atoms with E-state index in [2.05, 4.69) is 15.9 Å². The number of carboxylic acids is 1. The molecule has 0 unspecified atom stereocenters. The number of anilines is 1. The summed E-state index contributed by atoms with van der Waals surface area (Å²) in [4.78, 5) is 10.8. The highest BCUT2D eigenvalue weighted by molar-refractivity contribution is 9.10. The molecule has 0 saturated heterocycles. The summed E-state index contributed by atoms with van der Waals surface area (Å²) in [7, 11) is -4.25. The van der Waals surface area contributed by atoms with Crippen molar-refractivity contribution in [2.45, 2.75) is 4.90 Å². The van der Waals surface area contributed by atoms with E-state index in [1.165, 1.54) is 24.3 Å². The van der Waals surface area contributed by atoms with E-state index in [0.717, 1.165) is 12.1 Å². The topological polar surface area (TPSA) is 74.7 Å². The van der Waals surface area contributed by atoms with Crippen LogP contribution < -0.4 is 4.31 Å². The molecule has 0 spiro atoms. The van der Waals surface area contributed by atoms with Gasteiger partial charge in [-0.05, 0) is 36.4 Å². The molecule has 0 fully saturated rings. The Hall–Kier alpha value is -2.00. The molecular formula is C14H10BrF2NO4S. The second-order valence-corrected chi connectivity index (χ2v) is 7.24. The Morgan fingerprint density at radius 3 is 2.22 bits per heavy atom. The fraction of sp³-hybridized carbons (Fsp3) is 0.0714. The molecule has 0 aromatic heterocycles. The molecule has 0 aliphatic rings. The van der Waals surface area contributed by atoms with Gasteiger partial charge in [0.15, 0.2) is 11.6 Å². The van der Waals surface area contributed by atoms with Crippen LogP contribution in [-0.4, -0.2) is 26.0 Å². The summed E-state index contributed by atoms with van der Waals surface area (Å²) >= 11 is 3.16. The van der Waals surface area contributed by atoms with Crippen LogP contribution in [0.4, 0.5) is 14.5 Å². The van der Waals surface area contributed by atoms with Crippen molar-refractivity contribution in [3.8, 4) is 0 Å². The SMILES string of the molecule is O=C(O)CN(c1ccc(F)c(F)c1)S(=O)(=O)c1ccc(Br)cc1. The van der Waals surface area contributed by atoms with Gasteiger partial charge in [-0.3, -0.25) is 9.10 Å². The van der Waals surface area contributed by atoms with E-state index in [1.54, 1.807) is 0 Å². The highest BCUT2D eigenvalue weighted by atomic mass is 79.9. The molecule has 122 valence electrons. The molecule has 0 amide bonds. The van der Waals surface area contributed by atoms with Crippen molar-refractivity contribution in [2.24, 2.45) is 0 Å². The molecule has 0 heterocycles. The van der Waals surface area contributed by atoms with Crippen molar-refractivity contribution in [3.63, 3.8) is 0 Å². The molecule has 9 heteroatoms. The Balaban J connectivity index is 2.55. The minimum absolute atomic E-state index is 0.174. The van der Waals surface area contributed by atoms with E-state index in [0.29, 0.717) is 14.8 Å². The van der Waals surface area contributed by atoms with Crippen molar-refractivity contribution < 1.29 is 27.1 Å². The third-order valence-electron chi connectivity index (χ3n) is 2.87. The zero-order valence-electron chi connectivity index (χ0n) is 11.4. The summed E-state index contributed by atoms with van der Waals surface area (Å²) in [5, 5.41) is 8.94. The van der Waals surface area contributed by atoms with Crippen molar-refractivity contribution in [2.75, 3.05) is 10.8 Å². The first kappa shape index (κ1) is 17.4. The number of aliphatic carboxylic acids is 1. The normalized spacial score (nSPS) is 11.3. The Bertz CT molecular complexity index is 840. The zero-order chi connectivity index (χ0) is 17.2. The second kappa shape index (κ2) is 6.63. The maximum atomic E-state index is 13.4. The molecule has 0 radical (unpaired) electrons. The van der Waals surface area contributed by atoms with Gasteiger partial charge >= 0.3 is 5.97 Å². The van der Waals surface area contributed by atoms with Gasteiger partial charge in [-0.2, -0.15) is 0 Å². The van der Waals surface area contributed by atoms with Crippen LogP contribution in [0.3, 0.4) is 0 Å². The first-order valence-electron chi connectivity index (χ1n) is 6.17. The van der Waals surface area contributed by atoms with E-state index in [-0.39, 0.29) is 10.6 Å². The number of nitrogens with zero attached hydrogens (tertiary/aromatic N) is 1. The van der Waals surface area contributed by atoms with Gasteiger partial charge in [-0.25, -0.2) is 17.2 Å². The van der Waals surface area contributed by atoms with Crippen LogP contribution in [0.2, 0.25) is 0 Å². The van der Waals surface area contributed by atoms with Gasteiger partial charge in [0.1, 0.15) is 6.54 Å². The Morgan fingerprint density at radius 2 is 1.70 bits per heavy atom. The average molecular weight is 406 g/mol.